The van der Waals surface area contributed by atoms with Crippen molar-refractivity contribution in [2.24, 2.45) is 0 Å². The molecule has 33 heavy (non-hydrogen) atoms. The topological polar surface area (TPSA) is 115 Å². The van der Waals surface area contributed by atoms with Gasteiger partial charge in [-0.25, -0.2) is 9.48 Å². The van der Waals surface area contributed by atoms with Crippen LogP contribution in [0.15, 0.2) is 57.9 Å². The number of carbonyl (C=O) groups excluding carboxylic acids is 1. The van der Waals surface area contributed by atoms with E-state index in [-0.39, 0.29) is 24.7 Å². The van der Waals surface area contributed by atoms with E-state index in [4.69, 9.17) is 14.0 Å². The summed E-state index contributed by atoms with van der Waals surface area (Å²) in [6, 6.07) is 14.8. The fourth-order valence-corrected chi connectivity index (χ4v) is 5.14. The Bertz CT molecular complexity index is 1330. The summed E-state index contributed by atoms with van der Waals surface area (Å²) in [7, 11) is 1.56. The lowest BCUT2D eigenvalue weighted by Gasteiger charge is -2.21. The van der Waals surface area contributed by atoms with Gasteiger partial charge in [-0.1, -0.05) is 23.4 Å². The molecule has 0 radical (unpaired) electrons. The molecule has 1 aliphatic rings. The maximum Gasteiger partial charge on any atom is 0.359 e. The molecule has 9 nitrogen and oxygen atoms in total. The molecule has 0 saturated heterocycles. The van der Waals surface area contributed by atoms with Gasteiger partial charge in [0.25, 0.3) is 5.89 Å². The Morgan fingerprint density at radius 1 is 1.24 bits per heavy atom. The number of methoxy groups -OCH3 is 1. The Morgan fingerprint density at radius 2 is 2.09 bits per heavy atom. The van der Waals surface area contributed by atoms with Crippen LogP contribution in [-0.2, 0) is 33.0 Å². The number of esters is 1. The van der Waals surface area contributed by atoms with Gasteiger partial charge in [0, 0.05) is 12.7 Å². The molecule has 2 aromatic carbocycles. The minimum Gasteiger partial charge on any atom is -0.611 e. The minimum atomic E-state index is -1.29. The van der Waals surface area contributed by atoms with Gasteiger partial charge >= 0.3 is 5.97 Å². The predicted molar refractivity (Wildman–Crippen MR) is 119 cm³/mol. The molecule has 1 aliphatic heterocycles. The second-order valence-electron chi connectivity index (χ2n) is 7.29. The number of nitrogens with zero attached hydrogens (tertiary/aromatic N) is 4. The molecule has 0 amide bonds. The number of fused-ring (bicyclic) bond motifs is 3. The third-order valence-electron chi connectivity index (χ3n) is 5.19. The van der Waals surface area contributed by atoms with Gasteiger partial charge in [0.2, 0.25) is 0 Å². The number of ether oxygens (including phenoxy) is 2. The quantitative estimate of drug-likeness (QED) is 0.314. The average molecular weight is 465 g/mol. The molecule has 4 aromatic rings. The highest BCUT2D eigenvalue weighted by Gasteiger charge is 2.36. The number of hydrogen-bond acceptors (Lipinski definition) is 8. The maximum absolute atomic E-state index is 12.9. The first-order valence-electron chi connectivity index (χ1n) is 10.3. The second kappa shape index (κ2) is 8.81. The maximum atomic E-state index is 12.9. The number of rotatable bonds is 6. The largest absolute Gasteiger partial charge is 0.611 e. The number of aromatic nitrogens is 4. The van der Waals surface area contributed by atoms with Crippen molar-refractivity contribution < 1.29 is 23.3 Å². The third kappa shape index (κ3) is 3.82. The molecular weight excluding hydrogens is 444 g/mol. The molecular formula is C23H20N4O5S. The molecule has 168 valence electrons. The number of carbonyl (C=O) groups is 1. The van der Waals surface area contributed by atoms with Crippen molar-refractivity contribution >= 4 is 17.1 Å². The van der Waals surface area contributed by atoms with Crippen LogP contribution in [0.2, 0.25) is 0 Å². The zero-order chi connectivity index (χ0) is 22.9. The molecule has 1 unspecified atom stereocenters. The summed E-state index contributed by atoms with van der Waals surface area (Å²) in [5, 5.41) is 8.52. The van der Waals surface area contributed by atoms with Crippen molar-refractivity contribution in [2.45, 2.75) is 24.2 Å². The highest BCUT2D eigenvalue weighted by Crippen LogP contribution is 2.40. The molecule has 3 heterocycles. The van der Waals surface area contributed by atoms with Crippen molar-refractivity contribution in [2.75, 3.05) is 13.7 Å². The van der Waals surface area contributed by atoms with Crippen LogP contribution in [0.25, 0.3) is 28.4 Å². The molecule has 1 atom stereocenters. The van der Waals surface area contributed by atoms with Crippen molar-refractivity contribution in [3.8, 4) is 28.4 Å². The standard InChI is InChI=1S/C23H20N4O5S/c1-3-31-23(28)20-17-13-33(29)18-10-5-4-9-16(18)21(17)27(25-20)15-8-6-7-14(11-15)22-24-19(12-30-2)26-32-22/h4-11H,3,12-13H2,1-2H3. The third-order valence-corrected chi connectivity index (χ3v) is 6.59. The lowest BCUT2D eigenvalue weighted by molar-refractivity contribution is 0.0518. The van der Waals surface area contributed by atoms with Crippen molar-refractivity contribution in [1.82, 2.24) is 19.9 Å². The van der Waals surface area contributed by atoms with Gasteiger partial charge in [-0.05, 0) is 48.4 Å². The lowest BCUT2D eigenvalue weighted by atomic mass is 10.1. The minimum absolute atomic E-state index is 0.167. The lowest BCUT2D eigenvalue weighted by Crippen LogP contribution is -2.16. The summed E-state index contributed by atoms with van der Waals surface area (Å²) < 4.78 is 30.2. The van der Waals surface area contributed by atoms with Gasteiger partial charge in [-0.2, -0.15) is 10.1 Å². The Balaban J connectivity index is 1.67. The van der Waals surface area contributed by atoms with E-state index in [9.17, 15) is 9.35 Å². The first kappa shape index (κ1) is 21.4. The highest BCUT2D eigenvalue weighted by molar-refractivity contribution is 7.90. The summed E-state index contributed by atoms with van der Waals surface area (Å²) in [4.78, 5) is 17.7. The molecule has 10 heteroatoms. The van der Waals surface area contributed by atoms with Gasteiger partial charge in [0.1, 0.15) is 12.4 Å². The van der Waals surface area contributed by atoms with Gasteiger partial charge in [0.15, 0.2) is 16.4 Å². The van der Waals surface area contributed by atoms with Gasteiger partial charge in [0.05, 0.1) is 29.1 Å². The van der Waals surface area contributed by atoms with Crippen molar-refractivity contribution in [1.29, 1.82) is 0 Å². The van der Waals surface area contributed by atoms with Crippen LogP contribution in [0.4, 0.5) is 0 Å². The fourth-order valence-electron chi connectivity index (χ4n) is 3.81. The molecule has 0 N–H and O–H groups in total. The van der Waals surface area contributed by atoms with Crippen LogP contribution in [0.3, 0.4) is 0 Å². The molecule has 0 aliphatic carbocycles. The molecule has 0 bridgehead atoms. The summed E-state index contributed by atoms with van der Waals surface area (Å²) in [6.07, 6.45) is 0. The van der Waals surface area contributed by atoms with E-state index in [0.29, 0.717) is 33.4 Å². The van der Waals surface area contributed by atoms with Crippen molar-refractivity contribution in [3.05, 3.63) is 65.6 Å². The average Bonchev–Trinajstić information content (AvgIpc) is 3.45. The summed E-state index contributed by atoms with van der Waals surface area (Å²) in [5.41, 5.74) is 3.64. The molecule has 2 aromatic heterocycles. The normalized spacial score (nSPS) is 14.6. The summed E-state index contributed by atoms with van der Waals surface area (Å²) in [5.74, 6) is 0.429. The first-order chi connectivity index (χ1) is 16.1. The first-order valence-corrected chi connectivity index (χ1v) is 11.6. The molecule has 5 rings (SSSR count). The van der Waals surface area contributed by atoms with Gasteiger partial charge < -0.3 is 18.5 Å². The van der Waals surface area contributed by atoms with Crippen LogP contribution in [0.5, 0.6) is 0 Å². The van der Waals surface area contributed by atoms with Crippen LogP contribution in [0, 0.1) is 0 Å². The van der Waals surface area contributed by atoms with E-state index in [1.165, 1.54) is 0 Å². The summed E-state index contributed by atoms with van der Waals surface area (Å²) >= 11 is -1.29. The number of benzene rings is 2. The number of hydrogen-bond donors (Lipinski definition) is 0. The van der Waals surface area contributed by atoms with Crippen LogP contribution >= 0.6 is 0 Å². The SMILES string of the molecule is CCOC(=O)c1nn(-c2cccc(-c3nc(COC)no3)c2)c2c1C[S+]([O-])c1ccccc1-2. The Hall–Kier alpha value is -3.47. The zero-order valence-corrected chi connectivity index (χ0v) is 18.8. The smallest absolute Gasteiger partial charge is 0.359 e. The van der Waals surface area contributed by atoms with E-state index in [1.54, 1.807) is 18.7 Å². The summed E-state index contributed by atoms with van der Waals surface area (Å²) in [6.45, 7) is 2.20. The Labute approximate surface area is 192 Å². The van der Waals surface area contributed by atoms with Crippen LogP contribution in [0.1, 0.15) is 28.8 Å². The zero-order valence-electron chi connectivity index (χ0n) is 18.0. The van der Waals surface area contributed by atoms with Crippen LogP contribution < -0.4 is 0 Å². The van der Waals surface area contributed by atoms with Gasteiger partial charge in [-0.15, -0.1) is 0 Å². The van der Waals surface area contributed by atoms with Crippen molar-refractivity contribution in [3.63, 3.8) is 0 Å². The van der Waals surface area contributed by atoms with E-state index in [2.05, 4.69) is 15.2 Å². The van der Waals surface area contributed by atoms with E-state index < -0.39 is 17.1 Å². The fraction of sp³-hybridized carbons (Fsp3) is 0.217. The van der Waals surface area contributed by atoms with E-state index in [1.807, 2.05) is 48.5 Å². The van der Waals surface area contributed by atoms with E-state index >= 15 is 0 Å². The predicted octanol–water partition coefficient (Wildman–Crippen LogP) is 3.53. The second-order valence-corrected chi connectivity index (χ2v) is 8.71. The Morgan fingerprint density at radius 3 is 2.91 bits per heavy atom. The van der Waals surface area contributed by atoms with E-state index in [0.717, 1.165) is 11.3 Å². The van der Waals surface area contributed by atoms with Crippen LogP contribution in [-0.4, -0.2) is 44.2 Å². The van der Waals surface area contributed by atoms with Gasteiger partial charge in [-0.3, -0.25) is 0 Å². The molecule has 0 saturated carbocycles. The molecule has 0 spiro atoms. The Kier molecular flexibility index (Phi) is 5.71. The molecule has 0 fully saturated rings. The highest BCUT2D eigenvalue weighted by atomic mass is 32.2. The monoisotopic (exact) mass is 464 g/mol.